The lowest BCUT2D eigenvalue weighted by Gasteiger charge is -2.07. The van der Waals surface area contributed by atoms with E-state index >= 15 is 0 Å². The number of nitrogens with zero attached hydrogens (tertiary/aromatic N) is 2. The maximum Gasteiger partial charge on any atom is 0.272 e. The summed E-state index contributed by atoms with van der Waals surface area (Å²) in [5, 5.41) is 10.5. The first-order chi connectivity index (χ1) is 8.58. The van der Waals surface area contributed by atoms with Gasteiger partial charge in [0.2, 0.25) is 0 Å². The molecule has 0 aliphatic carbocycles. The number of pyridine rings is 1. The van der Waals surface area contributed by atoms with Gasteiger partial charge >= 0.3 is 0 Å². The van der Waals surface area contributed by atoms with Gasteiger partial charge < -0.3 is 4.74 Å². The summed E-state index contributed by atoms with van der Waals surface area (Å²) in [7, 11) is 0. The Kier molecular flexibility index (Phi) is 3.52. The molecule has 0 aliphatic heterocycles. The zero-order valence-electron chi connectivity index (χ0n) is 8.84. The highest BCUT2D eigenvalue weighted by Crippen LogP contribution is 2.31. The van der Waals surface area contributed by atoms with Crippen LogP contribution in [0.15, 0.2) is 41.1 Å². The molecule has 0 amide bonds. The van der Waals surface area contributed by atoms with Gasteiger partial charge in [-0.15, -0.1) is 0 Å². The number of benzene rings is 1. The molecule has 1 aromatic heterocycles. The number of non-ortho nitro benzene ring substituents is 1. The Morgan fingerprint density at radius 3 is 2.72 bits per heavy atom. The zero-order valence-corrected chi connectivity index (χ0v) is 10.4. The molecule has 18 heavy (non-hydrogen) atoms. The topological polar surface area (TPSA) is 65.3 Å². The Morgan fingerprint density at radius 1 is 1.33 bits per heavy atom. The van der Waals surface area contributed by atoms with Gasteiger partial charge in [0.05, 0.1) is 15.5 Å². The summed E-state index contributed by atoms with van der Waals surface area (Å²) in [5.74, 6) is -0.516. The van der Waals surface area contributed by atoms with Crippen LogP contribution in [-0.4, -0.2) is 9.91 Å². The van der Waals surface area contributed by atoms with E-state index in [1.807, 2.05) is 0 Å². The van der Waals surface area contributed by atoms with Crippen LogP contribution in [0.25, 0.3) is 0 Å². The summed E-state index contributed by atoms with van der Waals surface area (Å²) in [6.07, 6.45) is 2.99. The van der Waals surface area contributed by atoms with Gasteiger partial charge in [0.25, 0.3) is 5.69 Å². The van der Waals surface area contributed by atoms with E-state index in [1.54, 1.807) is 6.07 Å². The van der Waals surface area contributed by atoms with Crippen molar-refractivity contribution in [3.8, 4) is 11.5 Å². The van der Waals surface area contributed by atoms with Gasteiger partial charge in [0, 0.05) is 24.5 Å². The van der Waals surface area contributed by atoms with E-state index in [-0.39, 0.29) is 11.4 Å². The number of ether oxygens (including phenoxy) is 1. The number of nitro benzene ring substituents is 1. The van der Waals surface area contributed by atoms with Gasteiger partial charge in [-0.25, -0.2) is 4.39 Å². The molecule has 1 heterocycles. The SMILES string of the molecule is O=[N+]([O-])c1ccc(Oc2ccncc2Br)c(F)c1. The molecule has 0 radical (unpaired) electrons. The number of nitro groups is 1. The maximum absolute atomic E-state index is 13.6. The van der Waals surface area contributed by atoms with Crippen LogP contribution < -0.4 is 4.74 Å². The molecule has 0 bridgehead atoms. The number of hydrogen-bond acceptors (Lipinski definition) is 4. The summed E-state index contributed by atoms with van der Waals surface area (Å²) in [6, 6.07) is 4.74. The lowest BCUT2D eigenvalue weighted by molar-refractivity contribution is -0.385. The lowest BCUT2D eigenvalue weighted by atomic mass is 10.3. The van der Waals surface area contributed by atoms with Crippen molar-refractivity contribution >= 4 is 21.6 Å². The van der Waals surface area contributed by atoms with Crippen molar-refractivity contribution in [1.82, 2.24) is 4.98 Å². The highest BCUT2D eigenvalue weighted by Gasteiger charge is 2.13. The first-order valence-electron chi connectivity index (χ1n) is 4.79. The highest BCUT2D eigenvalue weighted by atomic mass is 79.9. The molecule has 0 spiro atoms. The van der Waals surface area contributed by atoms with Crippen molar-refractivity contribution < 1.29 is 14.1 Å². The standard InChI is InChI=1S/C11H6BrFN2O3/c12-8-6-14-4-3-10(8)18-11-2-1-7(15(16)17)5-9(11)13/h1-6H. The van der Waals surface area contributed by atoms with Crippen LogP contribution in [0.1, 0.15) is 0 Å². The molecule has 0 N–H and O–H groups in total. The minimum Gasteiger partial charge on any atom is -0.453 e. The Labute approximate surface area is 110 Å². The van der Waals surface area contributed by atoms with E-state index in [2.05, 4.69) is 20.9 Å². The van der Waals surface area contributed by atoms with Crippen LogP contribution in [0, 0.1) is 15.9 Å². The lowest BCUT2D eigenvalue weighted by Crippen LogP contribution is -1.93. The molecule has 1 aromatic carbocycles. The van der Waals surface area contributed by atoms with Gasteiger partial charge in [-0.05, 0) is 22.0 Å². The first kappa shape index (κ1) is 12.4. The molecular formula is C11H6BrFN2O3. The van der Waals surface area contributed by atoms with E-state index in [1.165, 1.54) is 24.5 Å². The molecule has 0 fully saturated rings. The molecule has 0 atom stereocenters. The van der Waals surface area contributed by atoms with Crippen molar-refractivity contribution in [2.24, 2.45) is 0 Å². The van der Waals surface area contributed by atoms with Gasteiger partial charge in [0.1, 0.15) is 5.75 Å². The summed E-state index contributed by atoms with van der Waals surface area (Å²) in [6.45, 7) is 0. The third-order valence-corrected chi connectivity index (χ3v) is 2.68. The fourth-order valence-electron chi connectivity index (χ4n) is 1.25. The Hall–Kier alpha value is -2.02. The van der Waals surface area contributed by atoms with E-state index in [0.29, 0.717) is 10.2 Å². The van der Waals surface area contributed by atoms with Gasteiger partial charge in [-0.1, -0.05) is 0 Å². The van der Waals surface area contributed by atoms with Gasteiger partial charge in [-0.3, -0.25) is 15.1 Å². The second-order valence-electron chi connectivity index (χ2n) is 3.28. The second kappa shape index (κ2) is 5.09. The van der Waals surface area contributed by atoms with E-state index in [9.17, 15) is 14.5 Å². The van der Waals surface area contributed by atoms with E-state index < -0.39 is 10.7 Å². The maximum atomic E-state index is 13.6. The molecule has 0 saturated carbocycles. The third-order valence-electron chi connectivity index (χ3n) is 2.08. The monoisotopic (exact) mass is 312 g/mol. The van der Waals surface area contributed by atoms with Crippen LogP contribution in [0.2, 0.25) is 0 Å². The molecule has 7 heteroatoms. The average molecular weight is 313 g/mol. The fourth-order valence-corrected chi connectivity index (χ4v) is 1.58. The predicted molar refractivity (Wildman–Crippen MR) is 65.1 cm³/mol. The Balaban J connectivity index is 2.30. The molecule has 2 aromatic rings. The zero-order chi connectivity index (χ0) is 13.1. The Morgan fingerprint density at radius 2 is 2.11 bits per heavy atom. The molecule has 92 valence electrons. The van der Waals surface area contributed by atoms with Crippen molar-refractivity contribution in [2.75, 3.05) is 0 Å². The number of aromatic nitrogens is 1. The van der Waals surface area contributed by atoms with Crippen molar-refractivity contribution in [3.63, 3.8) is 0 Å². The fraction of sp³-hybridized carbons (Fsp3) is 0. The Bertz CT molecular complexity index is 607. The molecule has 5 nitrogen and oxygen atoms in total. The van der Waals surface area contributed by atoms with E-state index in [0.717, 1.165) is 6.07 Å². The predicted octanol–water partition coefficient (Wildman–Crippen LogP) is 3.68. The van der Waals surface area contributed by atoms with Gasteiger partial charge in [0.15, 0.2) is 11.6 Å². The molecule has 0 aliphatic rings. The molecule has 0 saturated heterocycles. The summed E-state index contributed by atoms with van der Waals surface area (Å²) >= 11 is 3.20. The van der Waals surface area contributed by atoms with Crippen LogP contribution in [-0.2, 0) is 0 Å². The smallest absolute Gasteiger partial charge is 0.272 e. The minimum atomic E-state index is -0.798. The van der Waals surface area contributed by atoms with Gasteiger partial charge in [-0.2, -0.15) is 0 Å². The summed E-state index contributed by atoms with van der Waals surface area (Å²) in [4.78, 5) is 13.6. The normalized spacial score (nSPS) is 10.1. The molecule has 2 rings (SSSR count). The average Bonchev–Trinajstić information content (AvgIpc) is 2.34. The highest BCUT2D eigenvalue weighted by molar-refractivity contribution is 9.10. The largest absolute Gasteiger partial charge is 0.453 e. The van der Waals surface area contributed by atoms with E-state index in [4.69, 9.17) is 4.74 Å². The number of hydrogen-bond donors (Lipinski definition) is 0. The third kappa shape index (κ3) is 2.62. The number of rotatable bonds is 3. The van der Waals surface area contributed by atoms with Crippen LogP contribution in [0.4, 0.5) is 10.1 Å². The van der Waals surface area contributed by atoms with Crippen LogP contribution >= 0.6 is 15.9 Å². The van der Waals surface area contributed by atoms with Crippen molar-refractivity contribution in [2.45, 2.75) is 0 Å². The molecular weight excluding hydrogens is 307 g/mol. The first-order valence-corrected chi connectivity index (χ1v) is 5.58. The van der Waals surface area contributed by atoms with Crippen LogP contribution in [0.3, 0.4) is 0 Å². The quantitative estimate of drug-likeness (QED) is 0.640. The van der Waals surface area contributed by atoms with Crippen LogP contribution in [0.5, 0.6) is 11.5 Å². The minimum absolute atomic E-state index is 0.0903. The number of halogens is 2. The van der Waals surface area contributed by atoms with Crippen molar-refractivity contribution in [3.05, 3.63) is 57.1 Å². The second-order valence-corrected chi connectivity index (χ2v) is 4.13. The van der Waals surface area contributed by atoms with Crippen molar-refractivity contribution in [1.29, 1.82) is 0 Å². The summed E-state index contributed by atoms with van der Waals surface area (Å²) in [5.41, 5.74) is -0.325. The molecule has 0 unspecified atom stereocenters. The summed E-state index contributed by atoms with van der Waals surface area (Å²) < 4.78 is 19.4.